The van der Waals surface area contributed by atoms with Gasteiger partial charge in [-0.05, 0) is 42.7 Å². The molecule has 0 aliphatic rings. The number of unbranched alkanes of at least 4 members (excludes halogenated alkanes) is 1. The van der Waals surface area contributed by atoms with Crippen molar-refractivity contribution in [1.82, 2.24) is 0 Å². The number of nitro groups is 1. The van der Waals surface area contributed by atoms with Crippen molar-refractivity contribution in [1.29, 1.82) is 0 Å². The van der Waals surface area contributed by atoms with Crippen molar-refractivity contribution >= 4 is 17.3 Å². The topological polar surface area (TPSA) is 52.4 Å². The van der Waals surface area contributed by atoms with E-state index in [1.807, 2.05) is 24.3 Å². The van der Waals surface area contributed by atoms with Gasteiger partial charge in [0.15, 0.2) is 0 Å². The van der Waals surface area contributed by atoms with Crippen LogP contribution in [0.1, 0.15) is 25.3 Å². The predicted octanol–water partition coefficient (Wildman–Crippen LogP) is 5.38. The first-order valence-corrected chi connectivity index (χ1v) is 7.19. The van der Waals surface area contributed by atoms with E-state index in [1.165, 1.54) is 17.7 Å². The minimum Gasteiger partial charge on any atom is -0.450 e. The smallest absolute Gasteiger partial charge is 0.329 e. The van der Waals surface area contributed by atoms with Gasteiger partial charge in [0, 0.05) is 0 Å². The Labute approximate surface area is 128 Å². The summed E-state index contributed by atoms with van der Waals surface area (Å²) in [5.41, 5.74) is 1.01. The summed E-state index contributed by atoms with van der Waals surface area (Å²) in [6.07, 6.45) is 3.31. The van der Waals surface area contributed by atoms with E-state index in [1.54, 1.807) is 6.07 Å². The lowest BCUT2D eigenvalue weighted by molar-refractivity contribution is -0.385. The Morgan fingerprint density at radius 1 is 1.19 bits per heavy atom. The van der Waals surface area contributed by atoms with Crippen LogP contribution in [-0.2, 0) is 6.42 Å². The molecule has 2 aromatic rings. The van der Waals surface area contributed by atoms with Gasteiger partial charge in [-0.15, -0.1) is 0 Å². The third-order valence-corrected chi connectivity index (χ3v) is 3.41. The lowest BCUT2D eigenvalue weighted by atomic mass is 10.1. The van der Waals surface area contributed by atoms with E-state index in [-0.39, 0.29) is 16.5 Å². The van der Waals surface area contributed by atoms with Gasteiger partial charge in [0.25, 0.3) is 0 Å². The highest BCUT2D eigenvalue weighted by Gasteiger charge is 2.20. The molecule has 0 aromatic heterocycles. The maximum atomic E-state index is 11.0. The standard InChI is InChI=1S/C16H16ClNO3/c1-2-3-5-12-8-10-13(11-9-12)21-15-7-4-6-14(17)16(15)18(19)20/h4,6-11H,2-3,5H2,1H3. The number of nitro benzene ring substituents is 1. The number of benzene rings is 2. The third kappa shape index (κ3) is 3.95. The molecule has 110 valence electrons. The first kappa shape index (κ1) is 15.3. The van der Waals surface area contributed by atoms with Crippen molar-refractivity contribution < 1.29 is 9.66 Å². The zero-order valence-corrected chi connectivity index (χ0v) is 12.5. The van der Waals surface area contributed by atoms with Crippen LogP contribution < -0.4 is 4.74 Å². The van der Waals surface area contributed by atoms with Gasteiger partial charge < -0.3 is 4.74 Å². The second-order valence-electron chi connectivity index (χ2n) is 4.69. The Kier molecular flexibility index (Phi) is 5.17. The number of ether oxygens (including phenoxy) is 1. The third-order valence-electron chi connectivity index (χ3n) is 3.10. The Morgan fingerprint density at radius 3 is 2.52 bits per heavy atom. The second-order valence-corrected chi connectivity index (χ2v) is 5.10. The number of para-hydroxylation sites is 1. The normalized spacial score (nSPS) is 10.4. The van der Waals surface area contributed by atoms with Gasteiger partial charge in [0.1, 0.15) is 10.8 Å². The number of nitrogens with zero attached hydrogens (tertiary/aromatic N) is 1. The molecule has 21 heavy (non-hydrogen) atoms. The molecule has 0 atom stereocenters. The summed E-state index contributed by atoms with van der Waals surface area (Å²) >= 11 is 5.85. The van der Waals surface area contributed by atoms with Crippen LogP contribution in [0, 0.1) is 10.1 Å². The SMILES string of the molecule is CCCCc1ccc(Oc2cccc(Cl)c2[N+](=O)[O-])cc1. The number of hydrogen-bond donors (Lipinski definition) is 0. The summed E-state index contributed by atoms with van der Waals surface area (Å²) in [5, 5.41) is 11.1. The molecule has 0 heterocycles. The van der Waals surface area contributed by atoms with Gasteiger partial charge >= 0.3 is 5.69 Å². The average molecular weight is 306 g/mol. The molecule has 5 heteroatoms. The van der Waals surface area contributed by atoms with Gasteiger partial charge in [-0.2, -0.15) is 0 Å². The quantitative estimate of drug-likeness (QED) is 0.531. The molecule has 2 rings (SSSR count). The molecule has 0 radical (unpaired) electrons. The van der Waals surface area contributed by atoms with Crippen LogP contribution in [-0.4, -0.2) is 4.92 Å². The molecule has 0 saturated carbocycles. The van der Waals surface area contributed by atoms with Crippen molar-refractivity contribution in [2.75, 3.05) is 0 Å². The van der Waals surface area contributed by atoms with Crippen LogP contribution in [0.15, 0.2) is 42.5 Å². The molecule has 0 saturated heterocycles. The number of rotatable bonds is 6. The lowest BCUT2D eigenvalue weighted by Gasteiger charge is -2.08. The van der Waals surface area contributed by atoms with Crippen LogP contribution >= 0.6 is 11.6 Å². The van der Waals surface area contributed by atoms with Gasteiger partial charge in [0.05, 0.1) is 4.92 Å². The molecule has 0 aliphatic heterocycles. The Morgan fingerprint density at radius 2 is 1.90 bits per heavy atom. The molecule has 0 amide bonds. The first-order chi connectivity index (χ1) is 10.1. The fourth-order valence-corrected chi connectivity index (χ4v) is 2.22. The monoisotopic (exact) mass is 305 g/mol. The van der Waals surface area contributed by atoms with Crippen LogP contribution in [0.4, 0.5) is 5.69 Å². The van der Waals surface area contributed by atoms with Crippen LogP contribution in [0.5, 0.6) is 11.5 Å². The second kappa shape index (κ2) is 7.09. The fraction of sp³-hybridized carbons (Fsp3) is 0.250. The Hall–Kier alpha value is -2.07. The predicted molar refractivity (Wildman–Crippen MR) is 83.2 cm³/mol. The zero-order chi connectivity index (χ0) is 15.2. The van der Waals surface area contributed by atoms with Crippen molar-refractivity contribution in [3.63, 3.8) is 0 Å². The minimum absolute atomic E-state index is 0.0667. The van der Waals surface area contributed by atoms with E-state index in [2.05, 4.69) is 6.92 Å². The van der Waals surface area contributed by atoms with Crippen LogP contribution in [0.2, 0.25) is 5.02 Å². The molecule has 0 aliphatic carbocycles. The maximum absolute atomic E-state index is 11.0. The van der Waals surface area contributed by atoms with Crippen molar-refractivity contribution in [3.05, 3.63) is 63.2 Å². The van der Waals surface area contributed by atoms with E-state index >= 15 is 0 Å². The highest BCUT2D eigenvalue weighted by Crippen LogP contribution is 2.36. The summed E-state index contributed by atoms with van der Waals surface area (Å²) < 4.78 is 5.58. The summed E-state index contributed by atoms with van der Waals surface area (Å²) in [4.78, 5) is 10.5. The Bertz CT molecular complexity index is 626. The molecular weight excluding hydrogens is 290 g/mol. The van der Waals surface area contributed by atoms with E-state index in [4.69, 9.17) is 16.3 Å². The molecule has 2 aromatic carbocycles. The van der Waals surface area contributed by atoms with E-state index < -0.39 is 4.92 Å². The minimum atomic E-state index is -0.534. The van der Waals surface area contributed by atoms with Gasteiger partial charge in [0.2, 0.25) is 5.75 Å². The Balaban J connectivity index is 2.19. The molecule has 0 N–H and O–H groups in total. The molecule has 4 nitrogen and oxygen atoms in total. The number of halogens is 1. The van der Waals surface area contributed by atoms with E-state index in [0.717, 1.165) is 19.3 Å². The maximum Gasteiger partial charge on any atom is 0.329 e. The number of aryl methyl sites for hydroxylation is 1. The highest BCUT2D eigenvalue weighted by molar-refractivity contribution is 6.32. The van der Waals surface area contributed by atoms with Crippen molar-refractivity contribution in [2.45, 2.75) is 26.2 Å². The highest BCUT2D eigenvalue weighted by atomic mass is 35.5. The zero-order valence-electron chi connectivity index (χ0n) is 11.7. The summed E-state index contributed by atoms with van der Waals surface area (Å²) in [6.45, 7) is 2.15. The molecular formula is C16H16ClNO3. The van der Waals surface area contributed by atoms with Gasteiger partial charge in [-0.1, -0.05) is 43.1 Å². The molecule has 0 fully saturated rings. The summed E-state index contributed by atoms with van der Waals surface area (Å²) in [5.74, 6) is 0.703. The summed E-state index contributed by atoms with van der Waals surface area (Å²) in [7, 11) is 0. The summed E-state index contributed by atoms with van der Waals surface area (Å²) in [6, 6.07) is 12.2. The van der Waals surface area contributed by atoms with Gasteiger partial charge in [-0.25, -0.2) is 0 Å². The fourth-order valence-electron chi connectivity index (χ4n) is 1.99. The largest absolute Gasteiger partial charge is 0.450 e. The molecule has 0 bridgehead atoms. The van der Waals surface area contributed by atoms with Gasteiger partial charge in [-0.3, -0.25) is 10.1 Å². The van der Waals surface area contributed by atoms with Crippen LogP contribution in [0.3, 0.4) is 0 Å². The number of hydrogen-bond acceptors (Lipinski definition) is 3. The first-order valence-electron chi connectivity index (χ1n) is 6.81. The van der Waals surface area contributed by atoms with Crippen molar-refractivity contribution in [2.24, 2.45) is 0 Å². The van der Waals surface area contributed by atoms with E-state index in [0.29, 0.717) is 5.75 Å². The van der Waals surface area contributed by atoms with E-state index in [9.17, 15) is 10.1 Å². The van der Waals surface area contributed by atoms with Crippen molar-refractivity contribution in [3.8, 4) is 11.5 Å². The van der Waals surface area contributed by atoms with Crippen LogP contribution in [0.25, 0.3) is 0 Å². The molecule has 0 unspecified atom stereocenters. The average Bonchev–Trinajstić information content (AvgIpc) is 2.46. The molecule has 0 spiro atoms. The lowest BCUT2D eigenvalue weighted by Crippen LogP contribution is -1.94.